The van der Waals surface area contributed by atoms with E-state index in [-0.39, 0.29) is 17.3 Å². The van der Waals surface area contributed by atoms with E-state index >= 15 is 0 Å². The predicted molar refractivity (Wildman–Crippen MR) is 73.3 cm³/mol. The fourth-order valence-electron chi connectivity index (χ4n) is 2.78. The Morgan fingerprint density at radius 2 is 2.06 bits per heavy atom. The number of alkyl halides is 1. The van der Waals surface area contributed by atoms with Gasteiger partial charge in [-0.3, -0.25) is 4.79 Å². The summed E-state index contributed by atoms with van der Waals surface area (Å²) in [5.41, 5.74) is 0.294. The molecule has 0 heterocycles. The van der Waals surface area contributed by atoms with Crippen LogP contribution in [0, 0.1) is 11.3 Å². The Balaban J connectivity index is 2.29. The molecule has 1 fully saturated rings. The van der Waals surface area contributed by atoms with E-state index < -0.39 is 0 Å². The number of nitrogens with one attached hydrogen (secondary N) is 1. The molecule has 1 aliphatic carbocycles. The van der Waals surface area contributed by atoms with E-state index in [9.17, 15) is 4.79 Å². The van der Waals surface area contributed by atoms with Gasteiger partial charge in [0, 0.05) is 12.5 Å². The largest absolute Gasteiger partial charge is 0.352 e. The van der Waals surface area contributed by atoms with Crippen molar-refractivity contribution in [2.75, 3.05) is 0 Å². The molecule has 2 nitrogen and oxygen atoms in total. The molecule has 100 valence electrons. The van der Waals surface area contributed by atoms with Crippen molar-refractivity contribution in [3.63, 3.8) is 0 Å². The van der Waals surface area contributed by atoms with Crippen LogP contribution >= 0.6 is 11.6 Å². The van der Waals surface area contributed by atoms with Crippen molar-refractivity contribution in [1.29, 1.82) is 0 Å². The van der Waals surface area contributed by atoms with E-state index in [4.69, 9.17) is 11.6 Å². The van der Waals surface area contributed by atoms with E-state index in [1.807, 2.05) is 0 Å². The number of amides is 1. The molecule has 0 aliphatic heterocycles. The van der Waals surface area contributed by atoms with Gasteiger partial charge >= 0.3 is 0 Å². The first kappa shape index (κ1) is 14.8. The van der Waals surface area contributed by atoms with Crippen LogP contribution in [-0.4, -0.2) is 17.3 Å². The molecule has 1 saturated carbocycles. The third kappa shape index (κ3) is 5.76. The van der Waals surface area contributed by atoms with Crippen LogP contribution in [-0.2, 0) is 4.79 Å². The van der Waals surface area contributed by atoms with Gasteiger partial charge in [0.1, 0.15) is 0 Å². The molecule has 1 amide bonds. The molecule has 0 aromatic rings. The first-order valence-electron chi connectivity index (χ1n) is 6.71. The highest BCUT2D eigenvalue weighted by Gasteiger charge is 2.27. The van der Waals surface area contributed by atoms with E-state index in [1.165, 1.54) is 0 Å². The number of rotatable bonds is 4. The van der Waals surface area contributed by atoms with Crippen molar-refractivity contribution < 1.29 is 4.79 Å². The molecule has 3 atom stereocenters. The highest BCUT2D eigenvalue weighted by Crippen LogP contribution is 2.27. The Bertz CT molecular complexity index is 259. The maximum absolute atomic E-state index is 11.9. The zero-order valence-corrected chi connectivity index (χ0v) is 12.3. The zero-order chi connectivity index (χ0) is 13.1. The van der Waals surface area contributed by atoms with Crippen LogP contribution in [0.15, 0.2) is 0 Å². The molecular weight excluding hydrogens is 234 g/mol. The Kier molecular flexibility index (Phi) is 5.30. The summed E-state index contributed by atoms with van der Waals surface area (Å²) in [7, 11) is 0. The van der Waals surface area contributed by atoms with Crippen molar-refractivity contribution in [3.8, 4) is 0 Å². The third-order valence-corrected chi connectivity index (χ3v) is 3.80. The Morgan fingerprint density at radius 1 is 1.41 bits per heavy atom. The highest BCUT2D eigenvalue weighted by atomic mass is 35.5. The second kappa shape index (κ2) is 6.08. The molecule has 0 saturated heterocycles. The lowest BCUT2D eigenvalue weighted by atomic mass is 9.84. The minimum absolute atomic E-state index is 0.136. The molecule has 0 aromatic carbocycles. The van der Waals surface area contributed by atoms with Crippen LogP contribution in [0.1, 0.15) is 59.8 Å². The summed E-state index contributed by atoms with van der Waals surface area (Å²) in [4.78, 5) is 11.9. The Hall–Kier alpha value is -0.240. The SMILES string of the molecule is CC(CC(=O)NC1CCCC1Cl)CC(C)(C)C. The minimum Gasteiger partial charge on any atom is -0.352 e. The van der Waals surface area contributed by atoms with Crippen molar-refractivity contribution in [3.05, 3.63) is 0 Å². The molecule has 3 heteroatoms. The highest BCUT2D eigenvalue weighted by molar-refractivity contribution is 6.21. The fraction of sp³-hybridized carbons (Fsp3) is 0.929. The maximum Gasteiger partial charge on any atom is 0.220 e. The topological polar surface area (TPSA) is 29.1 Å². The van der Waals surface area contributed by atoms with Crippen molar-refractivity contribution in [2.24, 2.45) is 11.3 Å². The molecule has 1 N–H and O–H groups in total. The van der Waals surface area contributed by atoms with Gasteiger partial charge in [-0.1, -0.05) is 27.7 Å². The van der Waals surface area contributed by atoms with Gasteiger partial charge in [-0.25, -0.2) is 0 Å². The van der Waals surface area contributed by atoms with E-state index in [0.717, 1.165) is 25.7 Å². The van der Waals surface area contributed by atoms with E-state index in [2.05, 4.69) is 33.0 Å². The molecule has 17 heavy (non-hydrogen) atoms. The quantitative estimate of drug-likeness (QED) is 0.766. The minimum atomic E-state index is 0.136. The van der Waals surface area contributed by atoms with Crippen LogP contribution in [0.3, 0.4) is 0 Å². The number of carbonyl (C=O) groups is 1. The second-order valence-corrected chi connectivity index (χ2v) is 7.26. The molecular formula is C14H26ClNO. The second-order valence-electron chi connectivity index (χ2n) is 6.69. The van der Waals surface area contributed by atoms with Gasteiger partial charge in [0.05, 0.1) is 5.38 Å². The first-order chi connectivity index (χ1) is 7.78. The summed E-state index contributed by atoms with van der Waals surface area (Å²) in [5.74, 6) is 0.601. The first-order valence-corrected chi connectivity index (χ1v) is 7.15. The van der Waals surface area contributed by atoms with Crippen LogP contribution in [0.25, 0.3) is 0 Å². The number of halogens is 1. The summed E-state index contributed by atoms with van der Waals surface area (Å²) in [6.45, 7) is 8.80. The Morgan fingerprint density at radius 3 is 2.53 bits per heavy atom. The maximum atomic E-state index is 11.9. The monoisotopic (exact) mass is 259 g/mol. The van der Waals surface area contributed by atoms with E-state index in [1.54, 1.807) is 0 Å². The average molecular weight is 260 g/mol. The molecule has 0 radical (unpaired) electrons. The van der Waals surface area contributed by atoms with Crippen LogP contribution in [0.5, 0.6) is 0 Å². The summed E-state index contributed by atoms with van der Waals surface area (Å²) in [5, 5.41) is 3.21. The number of hydrogen-bond donors (Lipinski definition) is 1. The molecule has 0 spiro atoms. The van der Waals surface area contributed by atoms with Crippen LogP contribution in [0.4, 0.5) is 0 Å². The van der Waals surface area contributed by atoms with Crippen LogP contribution in [0.2, 0.25) is 0 Å². The predicted octanol–water partition coefficient (Wildman–Crippen LogP) is 3.72. The summed E-state index contributed by atoms with van der Waals surface area (Å²) in [6, 6.07) is 0.200. The fourth-order valence-corrected chi connectivity index (χ4v) is 3.12. The summed E-state index contributed by atoms with van der Waals surface area (Å²) < 4.78 is 0. The van der Waals surface area contributed by atoms with Gasteiger partial charge in [0.15, 0.2) is 0 Å². The zero-order valence-electron chi connectivity index (χ0n) is 11.6. The normalized spacial score (nSPS) is 26.9. The summed E-state index contributed by atoms with van der Waals surface area (Å²) in [6.07, 6.45) is 4.90. The van der Waals surface area contributed by atoms with Gasteiger partial charge in [-0.15, -0.1) is 11.6 Å². The third-order valence-electron chi connectivity index (χ3n) is 3.27. The van der Waals surface area contributed by atoms with Gasteiger partial charge in [-0.2, -0.15) is 0 Å². The lowest BCUT2D eigenvalue weighted by molar-refractivity contribution is -0.122. The van der Waals surface area contributed by atoms with Crippen molar-refractivity contribution in [2.45, 2.75) is 71.2 Å². The lowest BCUT2D eigenvalue weighted by Crippen LogP contribution is -2.38. The number of carbonyl (C=O) groups excluding carboxylic acids is 1. The lowest BCUT2D eigenvalue weighted by Gasteiger charge is -2.23. The van der Waals surface area contributed by atoms with Gasteiger partial charge in [0.25, 0.3) is 0 Å². The van der Waals surface area contributed by atoms with Gasteiger partial charge < -0.3 is 5.32 Å². The smallest absolute Gasteiger partial charge is 0.220 e. The molecule has 0 aromatic heterocycles. The number of hydrogen-bond acceptors (Lipinski definition) is 1. The van der Waals surface area contributed by atoms with Gasteiger partial charge in [0.2, 0.25) is 5.91 Å². The van der Waals surface area contributed by atoms with Crippen molar-refractivity contribution in [1.82, 2.24) is 5.32 Å². The average Bonchev–Trinajstić information content (AvgIpc) is 2.47. The van der Waals surface area contributed by atoms with E-state index in [0.29, 0.717) is 17.8 Å². The van der Waals surface area contributed by atoms with Crippen LogP contribution < -0.4 is 5.32 Å². The Labute approximate surface area is 110 Å². The molecule has 3 unspecified atom stereocenters. The molecule has 1 rings (SSSR count). The molecule has 1 aliphatic rings. The molecule has 0 bridgehead atoms. The standard InChI is InChI=1S/C14H26ClNO/c1-10(9-14(2,3)4)8-13(17)16-12-7-5-6-11(12)15/h10-12H,5-9H2,1-4H3,(H,16,17). The van der Waals surface area contributed by atoms with Crippen molar-refractivity contribution >= 4 is 17.5 Å². The summed E-state index contributed by atoms with van der Waals surface area (Å²) >= 11 is 6.15. The van der Waals surface area contributed by atoms with Gasteiger partial charge in [-0.05, 0) is 37.0 Å².